The molecule has 0 saturated carbocycles. The summed E-state index contributed by atoms with van der Waals surface area (Å²) in [6, 6.07) is 0. The molecule has 0 bridgehead atoms. The van der Waals surface area contributed by atoms with Crippen molar-refractivity contribution in [2.24, 2.45) is 5.92 Å². The Labute approximate surface area is 172 Å². The molecule has 164 valence electrons. The second-order valence-electron chi connectivity index (χ2n) is 8.82. The second kappa shape index (κ2) is 20.6. The third-order valence-electron chi connectivity index (χ3n) is 5.94. The first kappa shape index (κ1) is 26.9. The van der Waals surface area contributed by atoms with Crippen molar-refractivity contribution in [1.29, 1.82) is 0 Å². The zero-order valence-electron chi connectivity index (χ0n) is 19.7. The molecule has 0 aliphatic heterocycles. The number of hydrogen-bond donors (Lipinski definition) is 0. The lowest BCUT2D eigenvalue weighted by molar-refractivity contribution is -0.0429. The van der Waals surface area contributed by atoms with Crippen molar-refractivity contribution in [3.63, 3.8) is 0 Å². The van der Waals surface area contributed by atoms with Gasteiger partial charge in [-0.1, -0.05) is 117 Å². The maximum atomic E-state index is 6.14. The largest absolute Gasteiger partial charge is 0.363 e. The number of ether oxygens (including phenoxy) is 1. The SMILES string of the molecule is CCCCCCCCCC(CCCCCCCC)CCOC(CC)N(C)C. The molecule has 0 amide bonds. The van der Waals surface area contributed by atoms with Gasteiger partial charge in [-0.15, -0.1) is 0 Å². The van der Waals surface area contributed by atoms with Gasteiger partial charge >= 0.3 is 0 Å². The minimum atomic E-state index is 0.290. The maximum absolute atomic E-state index is 6.14. The normalized spacial score (nSPS) is 14.0. The molecule has 2 atom stereocenters. The van der Waals surface area contributed by atoms with E-state index >= 15 is 0 Å². The quantitative estimate of drug-likeness (QED) is 0.146. The van der Waals surface area contributed by atoms with E-state index in [4.69, 9.17) is 4.74 Å². The molecular weight excluding hydrogens is 330 g/mol. The summed E-state index contributed by atoms with van der Waals surface area (Å²) in [7, 11) is 4.25. The first-order valence-electron chi connectivity index (χ1n) is 12.4. The molecule has 0 radical (unpaired) electrons. The highest BCUT2D eigenvalue weighted by Gasteiger charge is 2.12. The maximum Gasteiger partial charge on any atom is 0.109 e. The Bertz CT molecular complexity index is 279. The predicted octanol–water partition coefficient (Wildman–Crippen LogP) is 8.20. The predicted molar refractivity (Wildman–Crippen MR) is 122 cm³/mol. The monoisotopic (exact) mass is 383 g/mol. The van der Waals surface area contributed by atoms with Crippen LogP contribution in [0.3, 0.4) is 0 Å². The molecule has 0 aromatic carbocycles. The van der Waals surface area contributed by atoms with Crippen LogP contribution in [0.4, 0.5) is 0 Å². The highest BCUT2D eigenvalue weighted by atomic mass is 16.5. The average Bonchev–Trinajstić information content (AvgIpc) is 2.66. The van der Waals surface area contributed by atoms with Crippen LogP contribution in [-0.2, 0) is 4.74 Å². The van der Waals surface area contributed by atoms with Gasteiger partial charge < -0.3 is 4.74 Å². The van der Waals surface area contributed by atoms with Crippen LogP contribution in [0.1, 0.15) is 130 Å². The van der Waals surface area contributed by atoms with Gasteiger partial charge in [0.2, 0.25) is 0 Å². The van der Waals surface area contributed by atoms with Gasteiger partial charge in [-0.25, -0.2) is 0 Å². The molecule has 0 saturated heterocycles. The van der Waals surface area contributed by atoms with Gasteiger partial charge in [-0.3, -0.25) is 4.90 Å². The lowest BCUT2D eigenvalue weighted by Gasteiger charge is -2.24. The van der Waals surface area contributed by atoms with Crippen LogP contribution >= 0.6 is 0 Å². The van der Waals surface area contributed by atoms with Gasteiger partial charge in [0.15, 0.2) is 0 Å². The van der Waals surface area contributed by atoms with Crippen molar-refractivity contribution in [2.75, 3.05) is 20.7 Å². The van der Waals surface area contributed by atoms with E-state index in [9.17, 15) is 0 Å². The average molecular weight is 384 g/mol. The second-order valence-corrected chi connectivity index (χ2v) is 8.82. The molecule has 0 N–H and O–H groups in total. The standard InChI is InChI=1S/C25H53NO/c1-6-9-11-13-15-17-19-21-24(20-18-16-14-12-10-7-2)22-23-27-25(8-3)26(4)5/h24-25H,6-23H2,1-5H3. The van der Waals surface area contributed by atoms with Crippen molar-refractivity contribution >= 4 is 0 Å². The molecule has 0 aromatic rings. The van der Waals surface area contributed by atoms with Gasteiger partial charge in [-0.05, 0) is 32.9 Å². The highest BCUT2D eigenvalue weighted by Crippen LogP contribution is 2.22. The summed E-state index contributed by atoms with van der Waals surface area (Å²) in [6.07, 6.45) is 23.9. The molecule has 2 nitrogen and oxygen atoms in total. The smallest absolute Gasteiger partial charge is 0.109 e. The third-order valence-corrected chi connectivity index (χ3v) is 5.94. The molecular formula is C25H53NO. The molecule has 2 heteroatoms. The summed E-state index contributed by atoms with van der Waals surface area (Å²) in [5.41, 5.74) is 0. The van der Waals surface area contributed by atoms with E-state index < -0.39 is 0 Å². The number of hydrogen-bond acceptors (Lipinski definition) is 2. The molecule has 0 aliphatic rings. The Morgan fingerprint density at radius 3 is 1.44 bits per heavy atom. The fourth-order valence-corrected chi connectivity index (χ4v) is 4.04. The first-order chi connectivity index (χ1) is 13.2. The molecule has 0 rings (SSSR count). The first-order valence-corrected chi connectivity index (χ1v) is 12.4. The molecule has 0 aromatic heterocycles. The van der Waals surface area contributed by atoms with Crippen LogP contribution in [0.5, 0.6) is 0 Å². The third kappa shape index (κ3) is 17.7. The van der Waals surface area contributed by atoms with Crippen LogP contribution in [0, 0.1) is 5.92 Å². The Morgan fingerprint density at radius 1 is 0.593 bits per heavy atom. The van der Waals surface area contributed by atoms with E-state index in [1.165, 1.54) is 103 Å². The topological polar surface area (TPSA) is 12.5 Å². The zero-order valence-corrected chi connectivity index (χ0v) is 19.7. The van der Waals surface area contributed by atoms with E-state index in [1.54, 1.807) is 0 Å². The Kier molecular flexibility index (Phi) is 20.6. The van der Waals surface area contributed by atoms with Crippen molar-refractivity contribution in [2.45, 2.75) is 136 Å². The van der Waals surface area contributed by atoms with Crippen LogP contribution < -0.4 is 0 Å². The minimum absolute atomic E-state index is 0.290. The van der Waals surface area contributed by atoms with Crippen molar-refractivity contribution in [1.82, 2.24) is 4.90 Å². The van der Waals surface area contributed by atoms with Gasteiger partial charge in [0.1, 0.15) is 6.23 Å². The van der Waals surface area contributed by atoms with Gasteiger partial charge in [0.05, 0.1) is 0 Å². The summed E-state index contributed by atoms with van der Waals surface area (Å²) in [5, 5.41) is 0. The zero-order chi connectivity index (χ0) is 20.2. The van der Waals surface area contributed by atoms with Crippen molar-refractivity contribution in [3.8, 4) is 0 Å². The summed E-state index contributed by atoms with van der Waals surface area (Å²) < 4.78 is 6.14. The lowest BCUT2D eigenvalue weighted by atomic mass is 9.91. The van der Waals surface area contributed by atoms with Crippen molar-refractivity contribution < 1.29 is 4.74 Å². The molecule has 27 heavy (non-hydrogen) atoms. The fourth-order valence-electron chi connectivity index (χ4n) is 4.04. The summed E-state index contributed by atoms with van der Waals surface area (Å²) >= 11 is 0. The Morgan fingerprint density at radius 2 is 1.04 bits per heavy atom. The molecule has 0 fully saturated rings. The fraction of sp³-hybridized carbons (Fsp3) is 1.00. The van der Waals surface area contributed by atoms with E-state index in [1.807, 2.05) is 0 Å². The molecule has 0 spiro atoms. The highest BCUT2D eigenvalue weighted by molar-refractivity contribution is 4.62. The van der Waals surface area contributed by atoms with E-state index in [0.29, 0.717) is 6.23 Å². The minimum Gasteiger partial charge on any atom is -0.363 e. The van der Waals surface area contributed by atoms with E-state index in [2.05, 4.69) is 39.8 Å². The molecule has 2 unspecified atom stereocenters. The van der Waals surface area contributed by atoms with E-state index in [-0.39, 0.29) is 0 Å². The Hall–Kier alpha value is -0.0800. The summed E-state index contributed by atoms with van der Waals surface area (Å²) in [5.74, 6) is 0.881. The summed E-state index contributed by atoms with van der Waals surface area (Å²) in [4.78, 5) is 2.21. The van der Waals surface area contributed by atoms with Gasteiger partial charge in [0.25, 0.3) is 0 Å². The molecule has 0 aliphatic carbocycles. The van der Waals surface area contributed by atoms with Gasteiger partial charge in [-0.2, -0.15) is 0 Å². The van der Waals surface area contributed by atoms with Crippen LogP contribution in [-0.4, -0.2) is 31.8 Å². The number of nitrogens with zero attached hydrogens (tertiary/aromatic N) is 1. The van der Waals surface area contributed by atoms with E-state index in [0.717, 1.165) is 18.9 Å². The Balaban J connectivity index is 4.01. The lowest BCUT2D eigenvalue weighted by Crippen LogP contribution is -2.30. The van der Waals surface area contributed by atoms with Crippen LogP contribution in [0.2, 0.25) is 0 Å². The van der Waals surface area contributed by atoms with Gasteiger partial charge in [0, 0.05) is 6.61 Å². The van der Waals surface area contributed by atoms with Crippen molar-refractivity contribution in [3.05, 3.63) is 0 Å². The summed E-state index contributed by atoms with van der Waals surface area (Å²) in [6.45, 7) is 7.76. The number of unbranched alkanes of at least 4 members (excludes halogenated alkanes) is 11. The van der Waals surface area contributed by atoms with Crippen LogP contribution in [0.15, 0.2) is 0 Å². The number of rotatable bonds is 21. The molecule has 0 heterocycles. The van der Waals surface area contributed by atoms with Crippen LogP contribution in [0.25, 0.3) is 0 Å².